The van der Waals surface area contributed by atoms with Gasteiger partial charge in [0.05, 0.1) is 13.3 Å². The Kier molecular flexibility index (Phi) is 5.01. The zero-order chi connectivity index (χ0) is 22.2. The van der Waals surface area contributed by atoms with E-state index >= 15 is 0 Å². The second-order valence-corrected chi connectivity index (χ2v) is 8.14. The van der Waals surface area contributed by atoms with Gasteiger partial charge in [-0.2, -0.15) is 5.10 Å². The first-order valence-electron chi connectivity index (χ1n) is 10.7. The number of anilines is 2. The molecule has 32 heavy (non-hydrogen) atoms. The molecule has 2 aromatic carbocycles. The molecule has 0 bridgehead atoms. The lowest BCUT2D eigenvalue weighted by atomic mass is 9.85. The molecule has 1 aliphatic heterocycles. The van der Waals surface area contributed by atoms with Gasteiger partial charge >= 0.3 is 0 Å². The number of rotatable bonds is 4. The van der Waals surface area contributed by atoms with E-state index in [1.54, 1.807) is 30.1 Å². The van der Waals surface area contributed by atoms with E-state index in [1.807, 2.05) is 43.3 Å². The van der Waals surface area contributed by atoms with Gasteiger partial charge < -0.3 is 15.4 Å². The molecule has 0 fully saturated rings. The summed E-state index contributed by atoms with van der Waals surface area (Å²) in [6, 6.07) is 15.0. The molecule has 1 aliphatic carbocycles. The molecule has 5 rings (SSSR count). The number of aromatic nitrogens is 2. The van der Waals surface area contributed by atoms with Crippen LogP contribution in [0.5, 0.6) is 5.75 Å². The molecule has 1 unspecified atom stereocenters. The van der Waals surface area contributed by atoms with Crippen LogP contribution in [0.3, 0.4) is 0 Å². The average Bonchev–Trinajstić information content (AvgIpc) is 3.22. The summed E-state index contributed by atoms with van der Waals surface area (Å²) < 4.78 is 7.00. The lowest BCUT2D eigenvalue weighted by Crippen LogP contribution is -2.32. The fraction of sp³-hybridized carbons (Fsp3) is 0.240. The van der Waals surface area contributed by atoms with Crippen LogP contribution < -0.4 is 15.4 Å². The van der Waals surface area contributed by atoms with Crippen LogP contribution >= 0.6 is 0 Å². The number of nitrogens with one attached hydrogen (secondary N) is 2. The van der Waals surface area contributed by atoms with Crippen molar-refractivity contribution in [2.24, 2.45) is 0 Å². The largest absolute Gasteiger partial charge is 0.497 e. The number of ether oxygens (including phenoxy) is 1. The van der Waals surface area contributed by atoms with E-state index in [9.17, 15) is 9.59 Å². The van der Waals surface area contributed by atoms with Crippen molar-refractivity contribution in [3.63, 3.8) is 0 Å². The minimum Gasteiger partial charge on any atom is -0.497 e. The standard InChI is InChI=1S/C25H24N4O3/c1-15-9-11-16(12-10-15)23-22-20(7-4-8-21(22)30)28-24-19(14-26-29(23)24)25(31)27-17-5-3-6-18(13-17)32-2/h3,5-6,9-14,23,28H,4,7-8H2,1-2H3,(H,27,31). The maximum Gasteiger partial charge on any atom is 0.261 e. The van der Waals surface area contributed by atoms with Gasteiger partial charge in [0.15, 0.2) is 5.78 Å². The molecule has 162 valence electrons. The monoisotopic (exact) mass is 428 g/mol. The van der Waals surface area contributed by atoms with Gasteiger partial charge in [0.25, 0.3) is 5.91 Å². The highest BCUT2D eigenvalue weighted by atomic mass is 16.5. The highest BCUT2D eigenvalue weighted by Crippen LogP contribution is 2.41. The summed E-state index contributed by atoms with van der Waals surface area (Å²) in [5, 5.41) is 10.8. The molecule has 1 aromatic heterocycles. The first-order chi connectivity index (χ1) is 15.5. The number of carbonyl (C=O) groups excluding carboxylic acids is 2. The number of carbonyl (C=O) groups is 2. The highest BCUT2D eigenvalue weighted by molar-refractivity contribution is 6.08. The van der Waals surface area contributed by atoms with Crippen molar-refractivity contribution in [1.29, 1.82) is 0 Å². The highest BCUT2D eigenvalue weighted by Gasteiger charge is 2.37. The number of benzene rings is 2. The molecule has 2 heterocycles. The molecule has 7 heteroatoms. The molecule has 0 spiro atoms. The average molecular weight is 428 g/mol. The Balaban J connectivity index is 1.55. The van der Waals surface area contributed by atoms with Crippen LogP contribution in [0.1, 0.15) is 46.8 Å². The minimum absolute atomic E-state index is 0.132. The SMILES string of the molecule is COc1cccc(NC(=O)c2cnn3c2NC2=C(C(=O)CCC2)C3c2ccc(C)cc2)c1. The van der Waals surface area contributed by atoms with Crippen LogP contribution in [0.2, 0.25) is 0 Å². The Morgan fingerprint density at radius 3 is 2.78 bits per heavy atom. The van der Waals surface area contributed by atoms with E-state index in [0.717, 1.165) is 35.2 Å². The fourth-order valence-electron chi connectivity index (χ4n) is 4.38. The van der Waals surface area contributed by atoms with E-state index in [4.69, 9.17) is 4.74 Å². The molecule has 0 saturated carbocycles. The number of amides is 1. The Hall–Kier alpha value is -3.87. The summed E-state index contributed by atoms with van der Waals surface area (Å²) in [7, 11) is 1.58. The number of ketones is 1. The predicted octanol–water partition coefficient (Wildman–Crippen LogP) is 4.47. The van der Waals surface area contributed by atoms with Crippen molar-refractivity contribution in [3.8, 4) is 5.75 Å². The van der Waals surface area contributed by atoms with Gasteiger partial charge in [0, 0.05) is 29.4 Å². The molecule has 7 nitrogen and oxygen atoms in total. The van der Waals surface area contributed by atoms with Gasteiger partial charge in [-0.3, -0.25) is 9.59 Å². The third kappa shape index (κ3) is 3.45. The van der Waals surface area contributed by atoms with E-state index in [0.29, 0.717) is 29.2 Å². The van der Waals surface area contributed by atoms with Crippen LogP contribution in [-0.4, -0.2) is 28.6 Å². The summed E-state index contributed by atoms with van der Waals surface area (Å²) >= 11 is 0. The summed E-state index contributed by atoms with van der Waals surface area (Å²) in [6.45, 7) is 2.03. The number of hydrogen-bond acceptors (Lipinski definition) is 5. The van der Waals surface area contributed by atoms with Crippen molar-refractivity contribution in [3.05, 3.63) is 82.7 Å². The number of nitrogens with zero attached hydrogens (tertiary/aromatic N) is 2. The molecule has 0 saturated heterocycles. The lowest BCUT2D eigenvalue weighted by molar-refractivity contribution is -0.116. The van der Waals surface area contributed by atoms with Crippen LogP contribution in [-0.2, 0) is 4.79 Å². The topological polar surface area (TPSA) is 85.2 Å². The van der Waals surface area contributed by atoms with Crippen molar-refractivity contribution in [2.45, 2.75) is 32.2 Å². The maximum absolute atomic E-state index is 13.1. The predicted molar refractivity (Wildman–Crippen MR) is 122 cm³/mol. The normalized spacial score (nSPS) is 17.3. The summed E-state index contributed by atoms with van der Waals surface area (Å²) in [5.74, 6) is 1.12. The van der Waals surface area contributed by atoms with Gasteiger partial charge in [0.1, 0.15) is 23.2 Å². The summed E-state index contributed by atoms with van der Waals surface area (Å²) in [6.07, 6.45) is 3.65. The molecular formula is C25H24N4O3. The van der Waals surface area contributed by atoms with Crippen molar-refractivity contribution < 1.29 is 14.3 Å². The first kappa shape index (κ1) is 20.1. The first-order valence-corrected chi connectivity index (χ1v) is 10.7. The Morgan fingerprint density at radius 1 is 1.19 bits per heavy atom. The van der Waals surface area contributed by atoms with Crippen molar-refractivity contribution in [2.75, 3.05) is 17.7 Å². The number of allylic oxidation sites excluding steroid dienone is 2. The number of Topliss-reactive ketones (excluding diaryl/α,β-unsaturated/α-hetero) is 1. The molecule has 1 amide bonds. The maximum atomic E-state index is 13.1. The zero-order valence-electron chi connectivity index (χ0n) is 18.0. The van der Waals surface area contributed by atoms with Gasteiger partial charge in [-0.05, 0) is 37.5 Å². The van der Waals surface area contributed by atoms with Gasteiger partial charge in [-0.1, -0.05) is 35.9 Å². The van der Waals surface area contributed by atoms with Crippen LogP contribution in [0.15, 0.2) is 66.0 Å². The molecule has 0 radical (unpaired) electrons. The summed E-state index contributed by atoms with van der Waals surface area (Å²) in [4.78, 5) is 26.0. The van der Waals surface area contributed by atoms with E-state index in [1.165, 1.54) is 0 Å². The molecule has 2 aliphatic rings. The van der Waals surface area contributed by atoms with Gasteiger partial charge in [0.2, 0.25) is 0 Å². The van der Waals surface area contributed by atoms with Gasteiger partial charge in [-0.25, -0.2) is 4.68 Å². The van der Waals surface area contributed by atoms with E-state index in [-0.39, 0.29) is 17.7 Å². The fourth-order valence-corrected chi connectivity index (χ4v) is 4.38. The quantitative estimate of drug-likeness (QED) is 0.640. The van der Waals surface area contributed by atoms with Crippen molar-refractivity contribution in [1.82, 2.24) is 9.78 Å². The van der Waals surface area contributed by atoms with Gasteiger partial charge in [-0.15, -0.1) is 0 Å². The number of aryl methyl sites for hydroxylation is 1. The van der Waals surface area contributed by atoms with Crippen LogP contribution in [0.4, 0.5) is 11.5 Å². The molecular weight excluding hydrogens is 404 g/mol. The Labute approximate surface area is 186 Å². The van der Waals surface area contributed by atoms with Crippen molar-refractivity contribution >= 4 is 23.2 Å². The molecule has 3 aromatic rings. The molecule has 1 atom stereocenters. The number of fused-ring (bicyclic) bond motifs is 1. The number of hydrogen-bond donors (Lipinski definition) is 2. The third-order valence-corrected chi connectivity index (χ3v) is 6.00. The van der Waals surface area contributed by atoms with E-state index in [2.05, 4.69) is 15.7 Å². The van der Waals surface area contributed by atoms with Crippen LogP contribution in [0, 0.1) is 6.92 Å². The number of methoxy groups -OCH3 is 1. The van der Waals surface area contributed by atoms with E-state index < -0.39 is 0 Å². The molecule has 2 N–H and O–H groups in total. The minimum atomic E-state index is -0.354. The second-order valence-electron chi connectivity index (χ2n) is 8.14. The third-order valence-electron chi connectivity index (χ3n) is 6.00. The Morgan fingerprint density at radius 2 is 2.00 bits per heavy atom. The van der Waals surface area contributed by atoms with Crippen LogP contribution in [0.25, 0.3) is 0 Å². The Bertz CT molecular complexity index is 1240. The summed E-state index contributed by atoms with van der Waals surface area (Å²) in [5.41, 5.74) is 4.81. The lowest BCUT2D eigenvalue weighted by Gasteiger charge is -2.33. The zero-order valence-corrected chi connectivity index (χ0v) is 18.0. The smallest absolute Gasteiger partial charge is 0.261 e. The second kappa shape index (κ2) is 8.00.